The topological polar surface area (TPSA) is 218 Å². The summed E-state index contributed by atoms with van der Waals surface area (Å²) in [4.78, 5) is 44.1. The molecule has 2 aromatic heterocycles. The van der Waals surface area contributed by atoms with Gasteiger partial charge in [-0.15, -0.1) is 0 Å². The Morgan fingerprint density at radius 3 is 1.69 bits per heavy atom. The Labute approximate surface area is 303 Å². The number of hydrogen-bond donors (Lipinski definition) is 3. The minimum atomic E-state index is -1.34. The minimum Gasteiger partial charge on any atom is -0.476 e. The maximum atomic E-state index is 11.5. The molecule has 0 amide bonds. The van der Waals surface area contributed by atoms with Crippen LogP contribution in [-0.2, 0) is 25.8 Å². The number of esters is 2. The zero-order valence-corrected chi connectivity index (χ0v) is 29.6. The number of rotatable bonds is 11. The molecular formula is C28H27Cl5N6O10. The van der Waals surface area contributed by atoms with Crippen LogP contribution in [0.1, 0.15) is 48.7 Å². The van der Waals surface area contributed by atoms with Gasteiger partial charge in [0.05, 0.1) is 31.9 Å². The summed E-state index contributed by atoms with van der Waals surface area (Å²) >= 11 is 28.3. The summed E-state index contributed by atoms with van der Waals surface area (Å²) in [5, 5.41) is 35.7. The van der Waals surface area contributed by atoms with Gasteiger partial charge in [0.2, 0.25) is 11.4 Å². The van der Waals surface area contributed by atoms with E-state index in [1.165, 1.54) is 36.4 Å². The van der Waals surface area contributed by atoms with Crippen molar-refractivity contribution in [1.82, 2.24) is 30.4 Å². The molecule has 0 spiro atoms. The lowest BCUT2D eigenvalue weighted by atomic mass is 10.2. The maximum Gasteiger partial charge on any atom is 0.360 e. The Bertz CT molecular complexity index is 1770. The second-order valence-corrected chi connectivity index (χ2v) is 11.5. The fourth-order valence-corrected chi connectivity index (χ4v) is 3.59. The third-order valence-corrected chi connectivity index (χ3v) is 6.90. The predicted octanol–water partition coefficient (Wildman–Crippen LogP) is 7.22. The Kier molecular flexibility index (Phi) is 16.3. The first-order valence-corrected chi connectivity index (χ1v) is 15.6. The van der Waals surface area contributed by atoms with E-state index in [9.17, 15) is 24.3 Å². The monoisotopic (exact) mass is 782 g/mol. The molecule has 0 aliphatic carbocycles. The lowest BCUT2D eigenvalue weighted by Crippen LogP contribution is -2.18. The van der Waals surface area contributed by atoms with Crippen LogP contribution in [-0.4, -0.2) is 70.6 Å². The summed E-state index contributed by atoms with van der Waals surface area (Å²) in [5.41, 5.74) is -0.603. The number of carboxylic acids is 2. The Morgan fingerprint density at radius 1 is 0.755 bits per heavy atom. The van der Waals surface area contributed by atoms with Crippen molar-refractivity contribution in [2.75, 3.05) is 6.07 Å². The van der Waals surface area contributed by atoms with Crippen molar-refractivity contribution in [3.05, 3.63) is 67.9 Å². The van der Waals surface area contributed by atoms with E-state index in [-0.39, 0.29) is 57.8 Å². The van der Waals surface area contributed by atoms with Gasteiger partial charge in [0.25, 0.3) is 11.8 Å². The van der Waals surface area contributed by atoms with Crippen molar-refractivity contribution < 1.29 is 48.3 Å². The summed E-state index contributed by atoms with van der Waals surface area (Å²) in [6.07, 6.45) is 0. The van der Waals surface area contributed by atoms with E-state index in [0.29, 0.717) is 20.8 Å². The van der Waals surface area contributed by atoms with Crippen LogP contribution in [0.2, 0.25) is 20.1 Å². The number of nitrogens with zero attached hydrogens (tertiary/aromatic N) is 5. The van der Waals surface area contributed by atoms with Crippen molar-refractivity contribution in [2.24, 2.45) is 11.8 Å². The Balaban J connectivity index is 0.000000289. The summed E-state index contributed by atoms with van der Waals surface area (Å²) in [6, 6.07) is 8.87. The number of aromatic carboxylic acids is 2. The van der Waals surface area contributed by atoms with Gasteiger partial charge in [0.15, 0.2) is 12.8 Å². The normalized spacial score (nSPS) is 10.3. The van der Waals surface area contributed by atoms with Crippen LogP contribution in [0.25, 0.3) is 0 Å². The minimum absolute atomic E-state index is 0.0446. The highest BCUT2D eigenvalue weighted by molar-refractivity contribution is 6.42. The molecule has 16 nitrogen and oxygen atoms in total. The fraction of sp³-hybridized carbons (Fsp3) is 0.286. The van der Waals surface area contributed by atoms with E-state index >= 15 is 0 Å². The molecule has 0 saturated heterocycles. The van der Waals surface area contributed by atoms with Crippen molar-refractivity contribution in [3.63, 3.8) is 0 Å². The molecule has 21 heteroatoms. The van der Waals surface area contributed by atoms with Crippen molar-refractivity contribution in [2.45, 2.75) is 34.4 Å². The molecule has 0 bridgehead atoms. The zero-order chi connectivity index (χ0) is 36.8. The molecule has 0 unspecified atom stereocenters. The summed E-state index contributed by atoms with van der Waals surface area (Å²) in [6.45, 7) is 6.43. The molecule has 0 aliphatic rings. The molecular weight excluding hydrogens is 758 g/mol. The van der Waals surface area contributed by atoms with Crippen LogP contribution in [0.15, 0.2) is 36.4 Å². The van der Waals surface area contributed by atoms with Crippen LogP contribution in [0.3, 0.4) is 0 Å². The first-order chi connectivity index (χ1) is 23.0. The fourth-order valence-electron chi connectivity index (χ4n) is 2.90. The van der Waals surface area contributed by atoms with Crippen molar-refractivity contribution in [3.8, 4) is 23.3 Å². The van der Waals surface area contributed by atoms with Crippen LogP contribution in [0, 0.1) is 11.8 Å². The van der Waals surface area contributed by atoms with E-state index in [2.05, 4.69) is 30.5 Å². The lowest BCUT2D eigenvalue weighted by Gasteiger charge is -2.08. The van der Waals surface area contributed by atoms with E-state index in [1.807, 2.05) is 0 Å². The Morgan fingerprint density at radius 2 is 1.27 bits per heavy atom. The first-order valence-electron chi connectivity index (χ1n) is 13.5. The lowest BCUT2D eigenvalue weighted by molar-refractivity contribution is -0.151. The highest BCUT2D eigenvalue weighted by Crippen LogP contribution is 2.31. The number of nitrogens with one attached hydrogen (secondary N) is 1. The van der Waals surface area contributed by atoms with Gasteiger partial charge in [-0.2, -0.15) is 4.68 Å². The number of carbonyl (C=O) groups is 4. The SMILES string of the molecule is CC(C)C(=O)OCCl.CC(C)C(=O)OCn1nnc(Oc2ccc(Cl)c(Cl)c2)c1C(=O)O.O=C(O)c1[nH]nnc1Oc1ccc(Cl)c(Cl)c1. The highest BCUT2D eigenvalue weighted by atomic mass is 35.5. The smallest absolute Gasteiger partial charge is 0.360 e. The highest BCUT2D eigenvalue weighted by Gasteiger charge is 2.23. The van der Waals surface area contributed by atoms with Crippen molar-refractivity contribution in [1.29, 1.82) is 0 Å². The molecule has 3 N–H and O–H groups in total. The van der Waals surface area contributed by atoms with Gasteiger partial charge in [-0.3, -0.25) is 9.59 Å². The van der Waals surface area contributed by atoms with Crippen LogP contribution in [0.5, 0.6) is 23.3 Å². The average molecular weight is 785 g/mol. The maximum absolute atomic E-state index is 11.5. The third kappa shape index (κ3) is 12.9. The molecule has 0 fully saturated rings. The second kappa shape index (κ2) is 19.6. The number of aromatic amines is 1. The van der Waals surface area contributed by atoms with Crippen molar-refractivity contribution >= 4 is 81.9 Å². The van der Waals surface area contributed by atoms with Crippen LogP contribution < -0.4 is 9.47 Å². The number of benzene rings is 2. The van der Waals surface area contributed by atoms with E-state index in [1.54, 1.807) is 27.7 Å². The molecule has 0 saturated carbocycles. The van der Waals surface area contributed by atoms with Gasteiger partial charge < -0.3 is 29.2 Å². The summed E-state index contributed by atoms with van der Waals surface area (Å²) < 4.78 is 20.9. The number of aromatic nitrogens is 6. The Hall–Kier alpha value is -4.35. The molecule has 2 heterocycles. The molecule has 0 aliphatic heterocycles. The number of halogens is 5. The van der Waals surface area contributed by atoms with Gasteiger partial charge in [0.1, 0.15) is 11.5 Å². The van der Waals surface area contributed by atoms with Gasteiger partial charge in [-0.1, -0.05) is 106 Å². The molecule has 4 aromatic rings. The van der Waals surface area contributed by atoms with Crippen LogP contribution in [0.4, 0.5) is 0 Å². The van der Waals surface area contributed by atoms with E-state index < -0.39 is 24.6 Å². The molecule has 0 radical (unpaired) electrons. The molecule has 2 aromatic carbocycles. The van der Waals surface area contributed by atoms with E-state index in [4.69, 9.17) is 77.3 Å². The third-order valence-electron chi connectivity index (χ3n) is 5.32. The second-order valence-electron chi connectivity index (χ2n) is 9.68. The average Bonchev–Trinajstić information content (AvgIpc) is 3.67. The number of ether oxygens (including phenoxy) is 4. The number of hydrogen-bond acceptors (Lipinski definition) is 12. The molecule has 0 atom stereocenters. The summed E-state index contributed by atoms with van der Waals surface area (Å²) in [7, 11) is 0. The number of alkyl halides is 1. The summed E-state index contributed by atoms with van der Waals surface area (Å²) in [5.74, 6) is -3.58. The number of carbonyl (C=O) groups excluding carboxylic acids is 2. The first kappa shape index (κ1) is 40.8. The number of H-pyrrole nitrogens is 1. The molecule has 4 rings (SSSR count). The van der Waals surface area contributed by atoms with Crippen LogP contribution >= 0.6 is 58.0 Å². The largest absolute Gasteiger partial charge is 0.476 e. The zero-order valence-electron chi connectivity index (χ0n) is 25.8. The quantitative estimate of drug-likeness (QED) is 0.101. The standard InChI is InChI=1S/C14H13Cl2N3O5.C9H5Cl2N3O3.C5H9ClO2/c1-7(2)14(22)23-6-19-11(13(20)21)12(17-18-19)24-8-3-4-9(15)10(16)5-8;10-5-2-1-4(3-6(5)11)17-8-7(9(15)16)12-14-13-8;1-4(2)5(7)8-3-6/h3-5,7H,6H2,1-2H3,(H,20,21);1-3H,(H,15,16)(H,12,13,14);4H,3H2,1-2H3. The number of carboxylic acid groups (broad SMARTS) is 2. The van der Waals surface area contributed by atoms with Gasteiger partial charge in [-0.05, 0) is 24.3 Å². The van der Waals surface area contributed by atoms with Gasteiger partial charge in [-0.25, -0.2) is 14.7 Å². The predicted molar refractivity (Wildman–Crippen MR) is 176 cm³/mol. The molecule has 264 valence electrons. The van der Waals surface area contributed by atoms with E-state index in [0.717, 1.165) is 4.68 Å². The van der Waals surface area contributed by atoms with Gasteiger partial charge >= 0.3 is 23.9 Å². The molecule has 49 heavy (non-hydrogen) atoms. The van der Waals surface area contributed by atoms with Gasteiger partial charge in [0, 0.05) is 12.1 Å².